The maximum Gasteiger partial charge on any atom is 2.00 e. The zero-order valence-electron chi connectivity index (χ0n) is 2.84. The molecule has 0 aromatic carbocycles. The Morgan fingerprint density at radius 1 is 0.500 bits per heavy atom. The molecule has 0 atom stereocenters. The third-order valence-electron chi connectivity index (χ3n) is 0. The van der Waals surface area contributed by atoms with Crippen molar-refractivity contribution < 1.29 is 72.5 Å². The molecule has 0 aliphatic carbocycles. The third kappa shape index (κ3) is 49.0. The van der Waals surface area contributed by atoms with Crippen LogP contribution in [0.1, 0.15) is 0 Å². The van der Waals surface area contributed by atoms with Gasteiger partial charge >= 0.3 is 19.5 Å². The zero-order valence-corrected chi connectivity index (χ0v) is 9.97. The zero-order chi connectivity index (χ0) is 0. The van der Waals surface area contributed by atoms with Crippen molar-refractivity contribution in [3.63, 3.8) is 0 Å². The smallest absolute Gasteiger partial charge is 2.00 e. The Hall–Kier alpha value is 1.52. The molecule has 0 bridgehead atoms. The van der Waals surface area contributed by atoms with Crippen molar-refractivity contribution in [1.29, 1.82) is 0 Å². The van der Waals surface area contributed by atoms with Crippen LogP contribution < -0.4 is 0 Å². The number of hydrogen-bond acceptors (Lipinski definition) is 0. The summed E-state index contributed by atoms with van der Waals surface area (Å²) in [6.45, 7) is 0. The Bertz CT molecular complexity index is 7.51. The Balaban J connectivity index is 0. The minimum absolute atomic E-state index is 0. The molecule has 0 spiro atoms. The average Bonchev–Trinajstić information content (AvgIpc) is 0. The molecular formula is O4UZn-6. The molecule has 0 aromatic rings. The predicted octanol–water partition coefficient (Wildman–Crippen LogP) is -0.478. The fraction of sp³-hybridized carbons (Fsp3) is 0. The van der Waals surface area contributed by atoms with E-state index in [4.69, 9.17) is 0 Å². The van der Waals surface area contributed by atoms with Gasteiger partial charge in [0.15, 0.2) is 0 Å². The van der Waals surface area contributed by atoms with E-state index in [-0.39, 0.29) is 72.5 Å². The van der Waals surface area contributed by atoms with Crippen molar-refractivity contribution >= 4 is 0 Å². The van der Waals surface area contributed by atoms with Crippen molar-refractivity contribution in [2.75, 3.05) is 0 Å². The number of rotatable bonds is 0. The van der Waals surface area contributed by atoms with Gasteiger partial charge in [0.05, 0.1) is 0 Å². The van der Waals surface area contributed by atoms with Crippen molar-refractivity contribution in [2.45, 2.75) is 0 Å². The van der Waals surface area contributed by atoms with Crippen LogP contribution in [0.5, 0.6) is 0 Å². The van der Waals surface area contributed by atoms with Gasteiger partial charge in [0, 0.05) is 31.1 Å². The molecule has 0 fully saturated rings. The first-order valence-electron chi connectivity index (χ1n) is 0. The maximum atomic E-state index is 0. The van der Waals surface area contributed by atoms with E-state index >= 15 is 0 Å². The quantitative estimate of drug-likeness (QED) is 0.515. The SMILES string of the molecule is [O-2].[O-2].[O-2].[O-2].[U].[Zn+2]. The van der Waals surface area contributed by atoms with Crippen molar-refractivity contribution in [2.24, 2.45) is 0 Å². The van der Waals surface area contributed by atoms with E-state index in [0.29, 0.717) is 0 Å². The van der Waals surface area contributed by atoms with E-state index in [1.165, 1.54) is 0 Å². The minimum atomic E-state index is 0. The van der Waals surface area contributed by atoms with Crippen LogP contribution in [0, 0.1) is 31.1 Å². The van der Waals surface area contributed by atoms with Crippen molar-refractivity contribution in [3.8, 4) is 0 Å². The predicted molar refractivity (Wildman–Crippen MR) is 2.75 cm³/mol. The number of hydrogen-bond donors (Lipinski definition) is 0. The first-order valence-corrected chi connectivity index (χ1v) is 0. The second-order valence-corrected chi connectivity index (χ2v) is 0. The summed E-state index contributed by atoms with van der Waals surface area (Å²) in [5.74, 6) is 0. The normalized spacial score (nSPS) is 0. The van der Waals surface area contributed by atoms with Crippen LogP contribution in [0.25, 0.3) is 0 Å². The van der Waals surface area contributed by atoms with Crippen LogP contribution >= 0.6 is 0 Å². The third-order valence-corrected chi connectivity index (χ3v) is 0. The van der Waals surface area contributed by atoms with Crippen LogP contribution in [-0.2, 0) is 41.4 Å². The van der Waals surface area contributed by atoms with Gasteiger partial charge in [0.2, 0.25) is 0 Å². The Kier molecular flexibility index (Phi) is 2000. The van der Waals surface area contributed by atoms with Gasteiger partial charge in [-0.1, -0.05) is 0 Å². The second-order valence-electron chi connectivity index (χ2n) is 0. The molecular weight excluding hydrogens is 367 g/mol. The van der Waals surface area contributed by atoms with Gasteiger partial charge in [0.25, 0.3) is 0 Å². The summed E-state index contributed by atoms with van der Waals surface area (Å²) < 4.78 is 0. The van der Waals surface area contributed by atoms with Crippen LogP contribution in [-0.4, -0.2) is 0 Å². The summed E-state index contributed by atoms with van der Waals surface area (Å²) in [5, 5.41) is 0. The molecule has 0 aliphatic rings. The average molecular weight is 367 g/mol. The summed E-state index contributed by atoms with van der Waals surface area (Å²) in [6.07, 6.45) is 0. The molecule has 0 saturated heterocycles. The molecule has 0 rings (SSSR count). The summed E-state index contributed by atoms with van der Waals surface area (Å²) >= 11 is 0. The van der Waals surface area contributed by atoms with Gasteiger partial charge in [-0.2, -0.15) is 0 Å². The van der Waals surface area contributed by atoms with E-state index in [1.807, 2.05) is 0 Å². The molecule has 0 unspecified atom stereocenters. The van der Waals surface area contributed by atoms with E-state index in [1.54, 1.807) is 0 Å². The standard InChI is InChI=1S/4O.U.Zn/q4*-2;;+2. The van der Waals surface area contributed by atoms with Gasteiger partial charge < -0.3 is 21.9 Å². The first-order chi connectivity index (χ1) is 0. The molecule has 0 aliphatic heterocycles. The maximum absolute atomic E-state index is 0. The molecule has 6 heavy (non-hydrogen) atoms. The van der Waals surface area contributed by atoms with Gasteiger partial charge in [0.1, 0.15) is 0 Å². The molecule has 0 heterocycles. The van der Waals surface area contributed by atoms with E-state index in [0.717, 1.165) is 0 Å². The molecule has 0 radical (unpaired) electrons. The Morgan fingerprint density at radius 2 is 0.500 bits per heavy atom. The van der Waals surface area contributed by atoms with Crippen molar-refractivity contribution in [3.05, 3.63) is 0 Å². The van der Waals surface area contributed by atoms with E-state index in [9.17, 15) is 0 Å². The van der Waals surface area contributed by atoms with Crippen LogP contribution in [0.4, 0.5) is 0 Å². The van der Waals surface area contributed by atoms with E-state index < -0.39 is 0 Å². The molecule has 4 nitrogen and oxygen atoms in total. The summed E-state index contributed by atoms with van der Waals surface area (Å²) in [5.41, 5.74) is 0. The monoisotopic (exact) mass is 366 g/mol. The summed E-state index contributed by atoms with van der Waals surface area (Å²) in [6, 6.07) is 0. The van der Waals surface area contributed by atoms with Gasteiger partial charge in [-0.05, 0) is 0 Å². The fourth-order valence-corrected chi connectivity index (χ4v) is 0. The molecule has 0 amide bonds. The largest absolute Gasteiger partial charge is 2.00 e. The first kappa shape index (κ1) is 139. The van der Waals surface area contributed by atoms with Gasteiger partial charge in [-0.25, -0.2) is 0 Å². The van der Waals surface area contributed by atoms with Crippen LogP contribution in [0.2, 0.25) is 0 Å². The summed E-state index contributed by atoms with van der Waals surface area (Å²) in [7, 11) is 0. The van der Waals surface area contributed by atoms with Gasteiger partial charge in [-0.3, -0.25) is 0 Å². The fourth-order valence-electron chi connectivity index (χ4n) is 0. The Morgan fingerprint density at radius 3 is 0.500 bits per heavy atom. The molecule has 0 aromatic heterocycles. The molecule has 36 valence electrons. The summed E-state index contributed by atoms with van der Waals surface area (Å²) in [4.78, 5) is 0. The van der Waals surface area contributed by atoms with Crippen molar-refractivity contribution in [1.82, 2.24) is 0 Å². The topological polar surface area (TPSA) is 114 Å². The second kappa shape index (κ2) is 86.3. The minimum Gasteiger partial charge on any atom is -2.00 e. The molecule has 0 saturated carbocycles. The molecule has 6 heteroatoms. The van der Waals surface area contributed by atoms with Crippen LogP contribution in [0.3, 0.4) is 0 Å². The van der Waals surface area contributed by atoms with Crippen LogP contribution in [0.15, 0.2) is 0 Å². The Labute approximate surface area is 72.1 Å². The van der Waals surface area contributed by atoms with Gasteiger partial charge in [-0.15, -0.1) is 0 Å². The van der Waals surface area contributed by atoms with E-state index in [2.05, 4.69) is 0 Å². The molecule has 0 N–H and O–H groups in total.